The number of amides is 2. The molecule has 0 atom stereocenters. The number of carbonyl (C=O) groups is 2. The lowest BCUT2D eigenvalue weighted by atomic mass is 10.1. The van der Waals surface area contributed by atoms with Crippen LogP contribution >= 0.6 is 0 Å². The first-order valence-corrected chi connectivity index (χ1v) is 9.12. The summed E-state index contributed by atoms with van der Waals surface area (Å²) in [7, 11) is 6.03. The summed E-state index contributed by atoms with van der Waals surface area (Å²) in [5, 5.41) is 3.21. The van der Waals surface area contributed by atoms with Gasteiger partial charge in [-0.25, -0.2) is 0 Å². The molecule has 1 fully saturated rings. The molecule has 0 aromatic heterocycles. The molecule has 0 aliphatic carbocycles. The quantitative estimate of drug-likeness (QED) is 0.640. The van der Waals surface area contributed by atoms with Crippen molar-refractivity contribution in [3.63, 3.8) is 0 Å². The smallest absolute Gasteiger partial charge is 0.254 e. The van der Waals surface area contributed by atoms with Crippen molar-refractivity contribution in [2.24, 2.45) is 0 Å². The molecule has 1 aliphatic heterocycles. The molecule has 9 heteroatoms. The van der Waals surface area contributed by atoms with Gasteiger partial charge in [0.1, 0.15) is 6.54 Å². The fourth-order valence-corrected chi connectivity index (χ4v) is 3.02. The van der Waals surface area contributed by atoms with E-state index in [0.29, 0.717) is 49.1 Å². The number of rotatable bonds is 9. The third-order valence-electron chi connectivity index (χ3n) is 4.56. The maximum atomic E-state index is 13.1. The molecule has 1 aromatic rings. The van der Waals surface area contributed by atoms with E-state index < -0.39 is 0 Å². The van der Waals surface area contributed by atoms with Crippen LogP contribution in [-0.4, -0.2) is 95.9 Å². The second-order valence-electron chi connectivity index (χ2n) is 6.26. The molecule has 2 rings (SSSR count). The SMILES string of the molecule is COCCN(CC(=O)N1CCNCC1)C(=O)c1cc(OC)c(OC)c(OC)c1. The Kier molecular flexibility index (Phi) is 8.34. The highest BCUT2D eigenvalue weighted by molar-refractivity contribution is 5.97. The highest BCUT2D eigenvalue weighted by Crippen LogP contribution is 2.38. The lowest BCUT2D eigenvalue weighted by Crippen LogP contribution is -2.50. The van der Waals surface area contributed by atoms with E-state index in [1.807, 2.05) is 0 Å². The number of nitrogens with one attached hydrogen (secondary N) is 1. The molecule has 156 valence electrons. The van der Waals surface area contributed by atoms with Gasteiger partial charge in [-0.05, 0) is 12.1 Å². The lowest BCUT2D eigenvalue weighted by Gasteiger charge is -2.30. The summed E-state index contributed by atoms with van der Waals surface area (Å²) < 4.78 is 21.1. The molecule has 1 aromatic carbocycles. The monoisotopic (exact) mass is 395 g/mol. The van der Waals surface area contributed by atoms with Crippen molar-refractivity contribution in [2.45, 2.75) is 0 Å². The predicted octanol–water partition coefficient (Wildman–Crippen LogP) is 0.233. The van der Waals surface area contributed by atoms with E-state index in [1.54, 1.807) is 24.1 Å². The number of ether oxygens (including phenoxy) is 4. The minimum Gasteiger partial charge on any atom is -0.493 e. The van der Waals surface area contributed by atoms with Crippen LogP contribution in [0.4, 0.5) is 0 Å². The normalized spacial score (nSPS) is 13.8. The summed E-state index contributed by atoms with van der Waals surface area (Å²) in [5.41, 5.74) is 0.346. The van der Waals surface area contributed by atoms with E-state index in [-0.39, 0.29) is 18.4 Å². The van der Waals surface area contributed by atoms with Gasteiger partial charge in [-0.3, -0.25) is 9.59 Å². The highest BCUT2D eigenvalue weighted by Gasteiger charge is 2.25. The van der Waals surface area contributed by atoms with E-state index in [9.17, 15) is 9.59 Å². The molecule has 0 radical (unpaired) electrons. The molecule has 1 aliphatic rings. The van der Waals surface area contributed by atoms with Crippen LogP contribution in [-0.2, 0) is 9.53 Å². The van der Waals surface area contributed by atoms with Crippen molar-refractivity contribution in [3.05, 3.63) is 17.7 Å². The Balaban J connectivity index is 2.25. The summed E-state index contributed by atoms with van der Waals surface area (Å²) in [6.45, 7) is 3.38. The van der Waals surface area contributed by atoms with Gasteiger partial charge in [-0.2, -0.15) is 0 Å². The van der Waals surface area contributed by atoms with Crippen LogP contribution in [0.25, 0.3) is 0 Å². The second-order valence-corrected chi connectivity index (χ2v) is 6.26. The number of hydrogen-bond acceptors (Lipinski definition) is 7. The first-order valence-electron chi connectivity index (χ1n) is 9.12. The molecular formula is C19H29N3O6. The van der Waals surface area contributed by atoms with Crippen LogP contribution < -0.4 is 19.5 Å². The van der Waals surface area contributed by atoms with E-state index in [0.717, 1.165) is 13.1 Å². The summed E-state index contributed by atoms with van der Waals surface area (Å²) in [6, 6.07) is 3.16. The zero-order valence-electron chi connectivity index (χ0n) is 16.9. The fourth-order valence-electron chi connectivity index (χ4n) is 3.02. The third kappa shape index (κ3) is 5.26. The number of benzene rings is 1. The largest absolute Gasteiger partial charge is 0.493 e. The van der Waals surface area contributed by atoms with E-state index in [1.165, 1.54) is 26.2 Å². The van der Waals surface area contributed by atoms with Crippen LogP contribution in [0.3, 0.4) is 0 Å². The second kappa shape index (κ2) is 10.7. The van der Waals surface area contributed by atoms with Gasteiger partial charge in [0.15, 0.2) is 11.5 Å². The van der Waals surface area contributed by atoms with Crippen molar-refractivity contribution in [1.29, 1.82) is 0 Å². The van der Waals surface area contributed by atoms with Gasteiger partial charge in [-0.15, -0.1) is 0 Å². The molecule has 0 unspecified atom stereocenters. The number of carbonyl (C=O) groups excluding carboxylic acids is 2. The average molecular weight is 395 g/mol. The van der Waals surface area contributed by atoms with Crippen LogP contribution in [0.1, 0.15) is 10.4 Å². The van der Waals surface area contributed by atoms with Gasteiger partial charge >= 0.3 is 0 Å². The summed E-state index contributed by atoms with van der Waals surface area (Å²) >= 11 is 0. The summed E-state index contributed by atoms with van der Waals surface area (Å²) in [6.07, 6.45) is 0. The Labute approximate surface area is 165 Å². The number of methoxy groups -OCH3 is 4. The zero-order valence-corrected chi connectivity index (χ0v) is 16.9. The van der Waals surface area contributed by atoms with E-state index in [4.69, 9.17) is 18.9 Å². The van der Waals surface area contributed by atoms with Crippen LogP contribution in [0.2, 0.25) is 0 Å². The Morgan fingerprint density at radius 1 is 1.04 bits per heavy atom. The number of nitrogens with zero attached hydrogens (tertiary/aromatic N) is 2. The lowest BCUT2D eigenvalue weighted by molar-refractivity contribution is -0.132. The van der Waals surface area contributed by atoms with Crippen molar-refractivity contribution < 1.29 is 28.5 Å². The molecule has 1 heterocycles. The first-order chi connectivity index (χ1) is 13.5. The van der Waals surface area contributed by atoms with Crippen LogP contribution in [0.15, 0.2) is 12.1 Å². The molecule has 0 bridgehead atoms. The molecule has 28 heavy (non-hydrogen) atoms. The summed E-state index contributed by atoms with van der Waals surface area (Å²) in [4.78, 5) is 29.0. The van der Waals surface area contributed by atoms with E-state index in [2.05, 4.69) is 5.32 Å². The Bertz CT molecular complexity index is 651. The minimum absolute atomic E-state index is 0.0150. The fraction of sp³-hybridized carbons (Fsp3) is 0.579. The molecule has 2 amide bonds. The third-order valence-corrected chi connectivity index (χ3v) is 4.56. The van der Waals surface area contributed by atoms with Gasteiger partial charge in [0.2, 0.25) is 11.7 Å². The highest BCUT2D eigenvalue weighted by atomic mass is 16.5. The minimum atomic E-state index is -0.306. The van der Waals surface area contributed by atoms with Gasteiger partial charge in [0.05, 0.1) is 27.9 Å². The Morgan fingerprint density at radius 2 is 1.64 bits per heavy atom. The average Bonchev–Trinajstić information content (AvgIpc) is 2.75. The molecule has 0 spiro atoms. The predicted molar refractivity (Wildman–Crippen MR) is 103 cm³/mol. The first kappa shape index (κ1) is 21.8. The standard InChI is InChI=1S/C19H29N3O6/c1-25-10-9-22(13-17(23)21-7-5-20-6-8-21)19(24)14-11-15(26-2)18(28-4)16(12-14)27-3/h11-12,20H,5-10,13H2,1-4H3. The van der Waals surface area contributed by atoms with Gasteiger partial charge in [0.25, 0.3) is 5.91 Å². The van der Waals surface area contributed by atoms with Gasteiger partial charge in [-0.1, -0.05) is 0 Å². The molecule has 0 saturated carbocycles. The maximum Gasteiger partial charge on any atom is 0.254 e. The molecule has 1 N–H and O–H groups in total. The topological polar surface area (TPSA) is 89.6 Å². The zero-order chi connectivity index (χ0) is 20.5. The maximum absolute atomic E-state index is 13.1. The molecular weight excluding hydrogens is 366 g/mol. The van der Waals surface area contributed by atoms with Crippen molar-refractivity contribution in [2.75, 3.05) is 74.3 Å². The van der Waals surface area contributed by atoms with Crippen LogP contribution in [0, 0.1) is 0 Å². The molecule has 1 saturated heterocycles. The van der Waals surface area contributed by atoms with Gasteiger partial charge in [0, 0.05) is 45.4 Å². The van der Waals surface area contributed by atoms with E-state index >= 15 is 0 Å². The Hall–Kier alpha value is -2.52. The van der Waals surface area contributed by atoms with Crippen molar-refractivity contribution >= 4 is 11.8 Å². The number of hydrogen-bond donors (Lipinski definition) is 1. The van der Waals surface area contributed by atoms with Crippen LogP contribution in [0.5, 0.6) is 17.2 Å². The Morgan fingerprint density at radius 3 is 2.14 bits per heavy atom. The van der Waals surface area contributed by atoms with Gasteiger partial charge < -0.3 is 34.1 Å². The number of piperazine rings is 1. The molecule has 9 nitrogen and oxygen atoms in total. The van der Waals surface area contributed by atoms with Crippen molar-refractivity contribution in [3.8, 4) is 17.2 Å². The van der Waals surface area contributed by atoms with Crippen molar-refractivity contribution in [1.82, 2.24) is 15.1 Å². The summed E-state index contributed by atoms with van der Waals surface area (Å²) in [5.74, 6) is 0.774.